The molecule has 0 radical (unpaired) electrons. The second-order valence-electron chi connectivity index (χ2n) is 13.5. The number of nitrogens with one attached hydrogen (secondary N) is 2. The van der Waals surface area contributed by atoms with E-state index in [9.17, 15) is 19.2 Å². The molecule has 0 heterocycles. The van der Waals surface area contributed by atoms with Crippen LogP contribution in [-0.4, -0.2) is 70.6 Å². The number of thioether (sulfide) groups is 1. The zero-order valence-electron chi connectivity index (χ0n) is 29.2. The molecule has 46 heavy (non-hydrogen) atoms. The quantitative estimate of drug-likeness (QED) is 0.230. The highest BCUT2D eigenvalue weighted by Gasteiger charge is 2.38. The van der Waals surface area contributed by atoms with E-state index in [-0.39, 0.29) is 13.0 Å². The van der Waals surface area contributed by atoms with Crippen LogP contribution in [0.3, 0.4) is 0 Å². The largest absolute Gasteiger partial charge is 0.458 e. The van der Waals surface area contributed by atoms with Crippen LogP contribution in [0.5, 0.6) is 0 Å². The fourth-order valence-electron chi connectivity index (χ4n) is 4.94. The van der Waals surface area contributed by atoms with E-state index < -0.39 is 53.2 Å². The smallest absolute Gasteiger partial charge is 0.408 e. The minimum absolute atomic E-state index is 0.208. The van der Waals surface area contributed by atoms with Crippen molar-refractivity contribution in [3.05, 3.63) is 70.8 Å². The van der Waals surface area contributed by atoms with Crippen molar-refractivity contribution in [2.24, 2.45) is 0 Å². The molecule has 10 heteroatoms. The van der Waals surface area contributed by atoms with Crippen LogP contribution < -0.4 is 10.6 Å². The summed E-state index contributed by atoms with van der Waals surface area (Å²) in [5.74, 6) is -0.880. The summed E-state index contributed by atoms with van der Waals surface area (Å²) in [4.78, 5) is 56.8. The van der Waals surface area contributed by atoms with E-state index in [1.54, 1.807) is 53.3 Å². The van der Waals surface area contributed by atoms with Gasteiger partial charge in [-0.3, -0.25) is 9.59 Å². The number of rotatable bonds is 14. The van der Waals surface area contributed by atoms with Crippen molar-refractivity contribution in [2.45, 2.75) is 111 Å². The second-order valence-corrected chi connectivity index (χ2v) is 14.5. The number of nitrogens with zero attached hydrogens (tertiary/aromatic N) is 1. The van der Waals surface area contributed by atoms with E-state index in [1.165, 1.54) is 4.90 Å². The van der Waals surface area contributed by atoms with E-state index in [4.69, 9.17) is 9.47 Å². The van der Waals surface area contributed by atoms with Gasteiger partial charge in [-0.05, 0) is 102 Å². The van der Waals surface area contributed by atoms with Gasteiger partial charge in [-0.2, -0.15) is 11.8 Å². The molecule has 0 bridgehead atoms. The van der Waals surface area contributed by atoms with E-state index in [1.807, 2.05) is 75.6 Å². The van der Waals surface area contributed by atoms with Gasteiger partial charge in [0.05, 0.1) is 0 Å². The third-order valence-electron chi connectivity index (χ3n) is 7.14. The summed E-state index contributed by atoms with van der Waals surface area (Å²) in [6, 6.07) is 12.0. The van der Waals surface area contributed by atoms with E-state index in [0.717, 1.165) is 16.7 Å². The summed E-state index contributed by atoms with van der Waals surface area (Å²) in [6.45, 7) is 16.6. The van der Waals surface area contributed by atoms with E-state index in [0.29, 0.717) is 24.2 Å². The number of ether oxygens (including phenoxy) is 2. The van der Waals surface area contributed by atoms with Gasteiger partial charge in [0.25, 0.3) is 0 Å². The third kappa shape index (κ3) is 12.3. The zero-order valence-corrected chi connectivity index (χ0v) is 30.0. The molecule has 2 aromatic carbocycles. The topological polar surface area (TPSA) is 114 Å². The number of esters is 1. The molecule has 0 aliphatic rings. The first-order chi connectivity index (χ1) is 21.5. The van der Waals surface area contributed by atoms with Gasteiger partial charge >= 0.3 is 12.1 Å². The summed E-state index contributed by atoms with van der Waals surface area (Å²) in [7, 11) is 0. The number of carbonyl (C=O) groups is 4. The van der Waals surface area contributed by atoms with Gasteiger partial charge in [-0.15, -0.1) is 0 Å². The van der Waals surface area contributed by atoms with Gasteiger partial charge in [0.2, 0.25) is 11.8 Å². The number of amides is 3. The van der Waals surface area contributed by atoms with Crippen LogP contribution >= 0.6 is 11.8 Å². The van der Waals surface area contributed by atoms with Crippen LogP contribution in [0, 0.1) is 13.8 Å². The minimum atomic E-state index is -1.08. The Morgan fingerprint density at radius 2 is 1.48 bits per heavy atom. The van der Waals surface area contributed by atoms with Gasteiger partial charge in [-0.1, -0.05) is 55.5 Å². The maximum atomic E-state index is 14.5. The summed E-state index contributed by atoms with van der Waals surface area (Å²) < 4.78 is 11.2. The Hall–Kier alpha value is -3.53. The molecule has 0 fully saturated rings. The van der Waals surface area contributed by atoms with Crippen molar-refractivity contribution in [2.75, 3.05) is 18.6 Å². The van der Waals surface area contributed by atoms with Crippen LogP contribution in [0.1, 0.15) is 89.6 Å². The van der Waals surface area contributed by atoms with E-state index in [2.05, 4.69) is 10.6 Å². The van der Waals surface area contributed by atoms with Gasteiger partial charge < -0.3 is 25.0 Å². The number of benzene rings is 2. The Bertz CT molecular complexity index is 1320. The molecule has 0 aromatic heterocycles. The number of aryl methyl sites for hydroxylation is 1. The summed E-state index contributed by atoms with van der Waals surface area (Å²) in [5.41, 5.74) is 1.78. The standard InChI is InChI=1S/C36H53N3O6S/c1-11-21-39(32(41)28(20-22-46-10)38-34(43)45-36(7,8)9)30(27-19-15-16-24(2)25(27)3)31(40)37-29(33(42)44-35(4,5)6)23-26-17-13-12-14-18-26/h12-19,28-30H,11,20-23H2,1-10H3,(H,37,40)(H,38,43). The first-order valence-electron chi connectivity index (χ1n) is 15.9. The highest BCUT2D eigenvalue weighted by Crippen LogP contribution is 2.28. The molecule has 9 nitrogen and oxygen atoms in total. The van der Waals surface area contributed by atoms with E-state index >= 15 is 0 Å². The lowest BCUT2D eigenvalue weighted by Crippen LogP contribution is -2.55. The SMILES string of the molecule is CCCN(C(=O)C(CCSC)NC(=O)OC(C)(C)C)C(C(=O)NC(Cc1ccccc1)C(=O)OC(C)(C)C)c1cccc(C)c1C. The molecule has 3 unspecified atom stereocenters. The fourth-order valence-corrected chi connectivity index (χ4v) is 5.41. The average Bonchev–Trinajstić information content (AvgIpc) is 2.95. The first kappa shape index (κ1) is 38.7. The molecular formula is C36H53N3O6S. The van der Waals surface area contributed by atoms with Crippen molar-refractivity contribution in [1.82, 2.24) is 15.5 Å². The van der Waals surface area contributed by atoms with Crippen LogP contribution in [0.4, 0.5) is 4.79 Å². The maximum absolute atomic E-state index is 14.5. The lowest BCUT2D eigenvalue weighted by Gasteiger charge is -2.36. The van der Waals surface area contributed by atoms with Gasteiger partial charge in [0.15, 0.2) is 0 Å². The Balaban J connectivity index is 2.62. The molecule has 0 aliphatic carbocycles. The van der Waals surface area contributed by atoms with Crippen molar-refractivity contribution in [3.8, 4) is 0 Å². The molecule has 0 aliphatic heterocycles. The summed E-state index contributed by atoms with van der Waals surface area (Å²) in [5, 5.41) is 5.72. The van der Waals surface area contributed by atoms with Crippen LogP contribution in [-0.2, 0) is 30.3 Å². The Kier molecular flexibility index (Phi) is 14.6. The monoisotopic (exact) mass is 655 g/mol. The Labute approximate surface area is 279 Å². The lowest BCUT2D eigenvalue weighted by atomic mass is 9.94. The minimum Gasteiger partial charge on any atom is -0.458 e. The van der Waals surface area contributed by atoms with Crippen molar-refractivity contribution in [1.29, 1.82) is 0 Å². The molecule has 0 spiro atoms. The van der Waals surface area contributed by atoms with Gasteiger partial charge in [0.1, 0.15) is 29.3 Å². The average molecular weight is 656 g/mol. The maximum Gasteiger partial charge on any atom is 0.408 e. The van der Waals surface area contributed by atoms with Crippen LogP contribution in [0.25, 0.3) is 0 Å². The molecule has 0 saturated carbocycles. The highest BCUT2D eigenvalue weighted by molar-refractivity contribution is 7.98. The number of alkyl carbamates (subject to hydrolysis) is 1. The molecule has 2 N–H and O–H groups in total. The highest BCUT2D eigenvalue weighted by atomic mass is 32.2. The number of hydrogen-bond donors (Lipinski definition) is 2. The zero-order chi connectivity index (χ0) is 34.7. The molecule has 254 valence electrons. The lowest BCUT2D eigenvalue weighted by molar-refractivity contribution is -0.159. The van der Waals surface area contributed by atoms with Gasteiger partial charge in [0, 0.05) is 13.0 Å². The molecule has 2 rings (SSSR count). The van der Waals surface area contributed by atoms with Crippen molar-refractivity contribution < 1.29 is 28.7 Å². The first-order valence-corrected chi connectivity index (χ1v) is 17.3. The molecule has 0 saturated heterocycles. The third-order valence-corrected chi connectivity index (χ3v) is 7.78. The van der Waals surface area contributed by atoms with Gasteiger partial charge in [-0.25, -0.2) is 9.59 Å². The summed E-state index contributed by atoms with van der Waals surface area (Å²) >= 11 is 1.55. The Morgan fingerprint density at radius 3 is 2.04 bits per heavy atom. The normalized spacial score (nSPS) is 13.6. The Morgan fingerprint density at radius 1 is 0.848 bits per heavy atom. The fraction of sp³-hybridized carbons (Fsp3) is 0.556. The predicted octanol–water partition coefficient (Wildman–Crippen LogP) is 6.30. The number of hydrogen-bond acceptors (Lipinski definition) is 7. The molecule has 3 atom stereocenters. The number of carbonyl (C=O) groups excluding carboxylic acids is 4. The molecule has 2 aromatic rings. The van der Waals surface area contributed by atoms with Crippen molar-refractivity contribution >= 4 is 35.6 Å². The molecular weight excluding hydrogens is 602 g/mol. The predicted molar refractivity (Wildman–Crippen MR) is 185 cm³/mol. The second kappa shape index (κ2) is 17.4. The van der Waals surface area contributed by atoms with Crippen LogP contribution in [0.15, 0.2) is 48.5 Å². The summed E-state index contributed by atoms with van der Waals surface area (Å²) in [6.07, 6.45) is 2.33. The van der Waals surface area contributed by atoms with Crippen molar-refractivity contribution in [3.63, 3.8) is 0 Å². The molecule has 3 amide bonds. The van der Waals surface area contributed by atoms with Crippen LogP contribution in [0.2, 0.25) is 0 Å².